The average molecular weight is 480 g/mol. The molecule has 0 bridgehead atoms. The van der Waals surface area contributed by atoms with Gasteiger partial charge in [0, 0.05) is 30.7 Å². The number of rotatable bonds is 4. The van der Waals surface area contributed by atoms with Gasteiger partial charge in [0.15, 0.2) is 5.78 Å². The Morgan fingerprint density at radius 1 is 1.08 bits per heavy atom. The summed E-state index contributed by atoms with van der Waals surface area (Å²) in [6.45, 7) is 6.54. The SMILES string of the molecule is CC[C@@H]1CC2C3CCC4=CC(=O)CCC4=C3[C@@H](c3ccc(-c4cccnc4)cc3)C[C@]2(C)C1C(C)=O. The van der Waals surface area contributed by atoms with Gasteiger partial charge >= 0.3 is 0 Å². The summed E-state index contributed by atoms with van der Waals surface area (Å²) < 4.78 is 0. The van der Waals surface area contributed by atoms with Gasteiger partial charge in [0.05, 0.1) is 0 Å². The fourth-order valence-corrected chi connectivity index (χ4v) is 8.78. The van der Waals surface area contributed by atoms with Crippen molar-refractivity contribution in [2.24, 2.45) is 29.1 Å². The molecule has 2 fully saturated rings. The summed E-state index contributed by atoms with van der Waals surface area (Å²) in [5, 5.41) is 0. The number of nitrogens with zero attached hydrogens (tertiary/aromatic N) is 1. The number of carbonyl (C=O) groups excluding carboxylic acids is 2. The lowest BCUT2D eigenvalue weighted by atomic mass is 9.51. The van der Waals surface area contributed by atoms with Crippen LogP contribution in [0.3, 0.4) is 0 Å². The summed E-state index contributed by atoms with van der Waals surface area (Å²) in [6.07, 6.45) is 12.6. The predicted molar refractivity (Wildman–Crippen MR) is 143 cm³/mol. The van der Waals surface area contributed by atoms with Crippen LogP contribution in [0.1, 0.15) is 77.2 Å². The minimum absolute atomic E-state index is 0.0274. The van der Waals surface area contributed by atoms with Crippen molar-refractivity contribution in [3.8, 4) is 11.1 Å². The monoisotopic (exact) mass is 479 g/mol. The molecule has 3 nitrogen and oxygen atoms in total. The minimum atomic E-state index is 0.0274. The largest absolute Gasteiger partial charge is 0.300 e. The van der Waals surface area contributed by atoms with E-state index in [4.69, 9.17) is 0 Å². The van der Waals surface area contributed by atoms with Crippen LogP contribution in [-0.2, 0) is 9.59 Å². The highest BCUT2D eigenvalue weighted by atomic mass is 16.1. The van der Waals surface area contributed by atoms with E-state index in [0.717, 1.165) is 37.7 Å². The maximum Gasteiger partial charge on any atom is 0.156 e. The normalized spacial score (nSPS) is 33.5. The lowest BCUT2D eigenvalue weighted by molar-refractivity contribution is -0.126. The van der Waals surface area contributed by atoms with Gasteiger partial charge in [-0.25, -0.2) is 0 Å². The van der Waals surface area contributed by atoms with Crippen molar-refractivity contribution in [2.45, 2.75) is 71.6 Å². The van der Waals surface area contributed by atoms with Gasteiger partial charge in [-0.15, -0.1) is 0 Å². The third kappa shape index (κ3) is 3.66. The van der Waals surface area contributed by atoms with Gasteiger partial charge in [0.1, 0.15) is 5.78 Å². The van der Waals surface area contributed by atoms with E-state index in [1.807, 2.05) is 31.5 Å². The Morgan fingerprint density at radius 3 is 2.58 bits per heavy atom. The first-order valence-corrected chi connectivity index (χ1v) is 13.9. The molecule has 0 radical (unpaired) electrons. The molecule has 1 aromatic heterocycles. The molecule has 4 aliphatic rings. The molecule has 0 saturated heterocycles. The summed E-state index contributed by atoms with van der Waals surface area (Å²) in [4.78, 5) is 29.7. The van der Waals surface area contributed by atoms with Gasteiger partial charge < -0.3 is 0 Å². The van der Waals surface area contributed by atoms with Crippen LogP contribution in [0.5, 0.6) is 0 Å². The second-order valence-electron chi connectivity index (χ2n) is 11.9. The molecule has 36 heavy (non-hydrogen) atoms. The van der Waals surface area contributed by atoms with Crippen LogP contribution < -0.4 is 0 Å². The molecule has 0 amide bonds. The molecule has 6 rings (SSSR count). The van der Waals surface area contributed by atoms with Gasteiger partial charge in [0.25, 0.3) is 0 Å². The highest BCUT2D eigenvalue weighted by molar-refractivity contribution is 5.93. The van der Waals surface area contributed by atoms with E-state index >= 15 is 0 Å². The van der Waals surface area contributed by atoms with E-state index in [-0.39, 0.29) is 17.1 Å². The van der Waals surface area contributed by atoms with Gasteiger partial charge in [-0.05, 0) is 102 Å². The average Bonchev–Trinajstić information content (AvgIpc) is 3.21. The molecule has 1 heterocycles. The smallest absolute Gasteiger partial charge is 0.156 e. The van der Waals surface area contributed by atoms with Crippen molar-refractivity contribution in [3.05, 3.63) is 77.2 Å². The number of ketones is 2. The topological polar surface area (TPSA) is 47.0 Å². The first-order chi connectivity index (χ1) is 17.4. The van der Waals surface area contributed by atoms with E-state index in [0.29, 0.717) is 35.9 Å². The number of pyridine rings is 1. The second-order valence-corrected chi connectivity index (χ2v) is 11.9. The molecule has 4 aliphatic carbocycles. The number of carbonyl (C=O) groups is 2. The Labute approximate surface area is 215 Å². The molecule has 3 unspecified atom stereocenters. The quantitative estimate of drug-likeness (QED) is 0.456. The number of aromatic nitrogens is 1. The number of Topliss-reactive ketones (excluding diaryl/α,β-unsaturated/α-hetero) is 1. The molecule has 3 heteroatoms. The number of hydrogen-bond donors (Lipinski definition) is 0. The Kier molecular flexibility index (Phi) is 5.85. The molecule has 0 aliphatic heterocycles. The Morgan fingerprint density at radius 2 is 1.89 bits per heavy atom. The molecular formula is C33H37NO2. The van der Waals surface area contributed by atoms with Crippen LogP contribution >= 0.6 is 0 Å². The lowest BCUT2D eigenvalue weighted by Gasteiger charge is -2.52. The van der Waals surface area contributed by atoms with Crippen molar-refractivity contribution in [2.75, 3.05) is 0 Å². The van der Waals surface area contributed by atoms with Gasteiger partial charge in [-0.3, -0.25) is 14.6 Å². The third-order valence-corrected chi connectivity index (χ3v) is 10.2. The van der Waals surface area contributed by atoms with Gasteiger partial charge in [-0.2, -0.15) is 0 Å². The molecule has 6 atom stereocenters. The van der Waals surface area contributed by atoms with Gasteiger partial charge in [0.2, 0.25) is 0 Å². The van der Waals surface area contributed by atoms with E-state index in [2.05, 4.69) is 49.2 Å². The number of allylic oxidation sites excluding steroid dienone is 4. The van der Waals surface area contributed by atoms with E-state index in [1.54, 1.807) is 5.57 Å². The molecule has 2 aromatic rings. The van der Waals surface area contributed by atoms with Gasteiger partial charge in [-0.1, -0.05) is 56.2 Å². The zero-order valence-corrected chi connectivity index (χ0v) is 21.8. The summed E-state index contributed by atoms with van der Waals surface area (Å²) in [6, 6.07) is 13.2. The number of fused-ring (bicyclic) bond motifs is 4. The lowest BCUT2D eigenvalue weighted by Crippen LogP contribution is -2.45. The number of benzene rings is 1. The summed E-state index contributed by atoms with van der Waals surface area (Å²) in [5.41, 5.74) is 8.08. The zero-order chi connectivity index (χ0) is 25.0. The molecule has 0 N–H and O–H groups in total. The van der Waals surface area contributed by atoms with E-state index in [9.17, 15) is 9.59 Å². The Hall–Kier alpha value is -2.81. The molecular weight excluding hydrogens is 442 g/mol. The van der Waals surface area contributed by atoms with E-state index < -0.39 is 0 Å². The highest BCUT2D eigenvalue weighted by Crippen LogP contribution is 2.67. The van der Waals surface area contributed by atoms with Crippen LogP contribution in [0.2, 0.25) is 0 Å². The minimum Gasteiger partial charge on any atom is -0.300 e. The first-order valence-electron chi connectivity index (χ1n) is 13.9. The first kappa shape index (κ1) is 23.6. The highest BCUT2D eigenvalue weighted by Gasteiger charge is 2.60. The van der Waals surface area contributed by atoms with Crippen LogP contribution in [0, 0.1) is 29.1 Å². The molecule has 0 spiro atoms. The summed E-state index contributed by atoms with van der Waals surface area (Å²) in [7, 11) is 0. The maximum absolute atomic E-state index is 13.1. The summed E-state index contributed by atoms with van der Waals surface area (Å²) >= 11 is 0. The van der Waals surface area contributed by atoms with Crippen molar-refractivity contribution in [1.29, 1.82) is 0 Å². The van der Waals surface area contributed by atoms with Crippen LogP contribution in [-0.4, -0.2) is 16.6 Å². The van der Waals surface area contributed by atoms with Crippen LogP contribution in [0.15, 0.2) is 71.6 Å². The Balaban J connectivity index is 1.48. The molecule has 1 aromatic carbocycles. The van der Waals surface area contributed by atoms with Crippen molar-refractivity contribution in [1.82, 2.24) is 4.98 Å². The fourth-order valence-electron chi connectivity index (χ4n) is 8.78. The summed E-state index contributed by atoms with van der Waals surface area (Å²) in [5.74, 6) is 2.70. The number of hydrogen-bond acceptors (Lipinski definition) is 3. The Bertz CT molecular complexity index is 1250. The maximum atomic E-state index is 13.1. The third-order valence-electron chi connectivity index (χ3n) is 10.2. The zero-order valence-electron chi connectivity index (χ0n) is 21.8. The standard InChI is InChI=1S/C33H37NO2/c1-4-21-17-30-28-13-11-24-16-26(36)12-14-27(24)31(28)29(18-33(30,3)32(21)20(2)35)23-9-7-22(8-10-23)25-6-5-15-34-19-25/h5-10,15-16,19,21,28-30,32H,4,11-14,17-18H2,1-3H3/t21-,28?,29-,30?,32?,33+/m1/s1. The van der Waals surface area contributed by atoms with E-state index in [1.165, 1.54) is 28.7 Å². The van der Waals surface area contributed by atoms with Crippen LogP contribution in [0.25, 0.3) is 11.1 Å². The predicted octanol–water partition coefficient (Wildman–Crippen LogP) is 7.49. The van der Waals surface area contributed by atoms with Crippen molar-refractivity contribution >= 4 is 11.6 Å². The van der Waals surface area contributed by atoms with Crippen molar-refractivity contribution < 1.29 is 9.59 Å². The van der Waals surface area contributed by atoms with Crippen molar-refractivity contribution in [3.63, 3.8) is 0 Å². The molecule has 2 saturated carbocycles. The fraction of sp³-hybridized carbons (Fsp3) is 0.485. The molecule has 186 valence electrons. The van der Waals surface area contributed by atoms with Crippen LogP contribution in [0.4, 0.5) is 0 Å². The second kappa shape index (κ2) is 8.94.